The number of hydrogen-bond acceptors (Lipinski definition) is 10. The van der Waals surface area contributed by atoms with Crippen molar-refractivity contribution >= 4 is 44.7 Å². The lowest BCUT2D eigenvalue weighted by molar-refractivity contribution is 0.602. The molecule has 0 aliphatic heterocycles. The average molecular weight is 415 g/mol. The van der Waals surface area contributed by atoms with Gasteiger partial charge in [-0.05, 0) is 40.4 Å². The van der Waals surface area contributed by atoms with Crippen LogP contribution in [-0.2, 0) is 15.6 Å². The van der Waals surface area contributed by atoms with Crippen molar-refractivity contribution in [1.82, 2.24) is 30.4 Å². The molecule has 0 aliphatic rings. The summed E-state index contributed by atoms with van der Waals surface area (Å²) in [5, 5.41) is 20.0. The number of nitrogens with zero attached hydrogens (tertiary/aromatic N) is 6. The molecule has 0 fully saturated rings. The Labute approximate surface area is 157 Å². The van der Waals surface area contributed by atoms with Gasteiger partial charge in [-0.15, -0.1) is 15.3 Å². The van der Waals surface area contributed by atoms with Gasteiger partial charge in [-0.1, -0.05) is 41.8 Å². The average Bonchev–Trinajstić information content (AvgIpc) is 3.21. The van der Waals surface area contributed by atoms with Crippen molar-refractivity contribution in [2.24, 2.45) is 0 Å². The van der Waals surface area contributed by atoms with Gasteiger partial charge < -0.3 is 0 Å². The first-order chi connectivity index (χ1) is 12.0. The number of aromatic nitrogens is 6. The number of hydrogen-bond donors (Lipinski definition) is 0. The Morgan fingerprint density at radius 2 is 1.76 bits per heavy atom. The summed E-state index contributed by atoms with van der Waals surface area (Å²) in [6.45, 7) is 2.07. The predicted molar refractivity (Wildman–Crippen MR) is 98.1 cm³/mol. The summed E-state index contributed by atoms with van der Waals surface area (Å²) < 4.78 is 26.5. The molecular formula is C13H14N6O2S4. The van der Waals surface area contributed by atoms with Crippen molar-refractivity contribution in [2.75, 3.05) is 12.0 Å². The highest BCUT2D eigenvalue weighted by Gasteiger charge is 2.13. The summed E-state index contributed by atoms with van der Waals surface area (Å²) in [7, 11) is -3.23. The van der Waals surface area contributed by atoms with Crippen LogP contribution in [0.1, 0.15) is 12.7 Å². The van der Waals surface area contributed by atoms with Gasteiger partial charge in [0.15, 0.2) is 24.3 Å². The first-order valence-electron chi connectivity index (χ1n) is 7.14. The second-order valence-corrected chi connectivity index (χ2v) is 10.6. The Kier molecular flexibility index (Phi) is 5.71. The zero-order valence-electron chi connectivity index (χ0n) is 13.4. The number of thioether (sulfide) groups is 2. The lowest BCUT2D eigenvalue weighted by Gasteiger charge is -2.04. The smallest absolute Gasteiger partial charge is 0.175 e. The van der Waals surface area contributed by atoms with E-state index < -0.39 is 9.84 Å². The van der Waals surface area contributed by atoms with E-state index in [9.17, 15) is 8.42 Å². The molecule has 0 bridgehead atoms. The third kappa shape index (κ3) is 4.57. The fourth-order valence-electron chi connectivity index (χ4n) is 1.89. The molecule has 0 amide bonds. The second kappa shape index (κ2) is 7.81. The molecule has 12 heteroatoms. The number of benzene rings is 1. The van der Waals surface area contributed by atoms with Gasteiger partial charge in [0.1, 0.15) is 0 Å². The van der Waals surface area contributed by atoms with Gasteiger partial charge in [-0.2, -0.15) is 4.68 Å². The van der Waals surface area contributed by atoms with Gasteiger partial charge in [-0.25, -0.2) is 8.42 Å². The standard InChI is InChI=1S/C13H14N6O2S4/c1-3-22-12-15-16-13(24-12)23-8-11-14-17-18-19(11)9-4-6-10(7-5-9)25(2,20)21/h4-7H,3,8H2,1-2H3. The highest BCUT2D eigenvalue weighted by molar-refractivity contribution is 8.02. The number of tetrazole rings is 1. The van der Waals surface area contributed by atoms with E-state index in [2.05, 4.69) is 32.6 Å². The van der Waals surface area contributed by atoms with Crippen molar-refractivity contribution in [3.63, 3.8) is 0 Å². The van der Waals surface area contributed by atoms with E-state index in [0.717, 1.165) is 14.4 Å². The maximum atomic E-state index is 11.5. The van der Waals surface area contributed by atoms with Gasteiger partial charge in [0.25, 0.3) is 0 Å². The fourth-order valence-corrected chi connectivity index (χ4v) is 5.35. The molecule has 0 atom stereocenters. The van der Waals surface area contributed by atoms with E-state index in [1.807, 2.05) is 0 Å². The lowest BCUT2D eigenvalue weighted by atomic mass is 10.3. The zero-order chi connectivity index (χ0) is 17.9. The minimum Gasteiger partial charge on any atom is -0.224 e. The van der Waals surface area contributed by atoms with Crippen LogP contribution in [0.5, 0.6) is 0 Å². The third-order valence-corrected chi connectivity index (χ3v) is 7.22. The minimum atomic E-state index is -3.23. The molecule has 0 spiro atoms. The first-order valence-corrected chi connectivity index (χ1v) is 11.8. The lowest BCUT2D eigenvalue weighted by Crippen LogP contribution is -2.03. The minimum absolute atomic E-state index is 0.259. The van der Waals surface area contributed by atoms with Crippen molar-refractivity contribution < 1.29 is 8.42 Å². The van der Waals surface area contributed by atoms with Crippen LogP contribution in [0.25, 0.3) is 5.69 Å². The summed E-state index contributed by atoms with van der Waals surface area (Å²) in [6.07, 6.45) is 1.17. The van der Waals surface area contributed by atoms with Crippen LogP contribution in [0.15, 0.2) is 37.8 Å². The van der Waals surface area contributed by atoms with Crippen LogP contribution in [0.2, 0.25) is 0 Å². The van der Waals surface area contributed by atoms with Crippen molar-refractivity contribution in [2.45, 2.75) is 26.3 Å². The Bertz CT molecular complexity index is 951. The predicted octanol–water partition coefficient (Wildman–Crippen LogP) is 2.32. The molecule has 3 aromatic rings. The van der Waals surface area contributed by atoms with E-state index in [-0.39, 0.29) is 4.90 Å². The van der Waals surface area contributed by atoms with Crippen LogP contribution in [0.4, 0.5) is 0 Å². The van der Waals surface area contributed by atoms with Crippen molar-refractivity contribution in [1.29, 1.82) is 0 Å². The molecule has 2 aromatic heterocycles. The first kappa shape index (κ1) is 18.3. The van der Waals surface area contributed by atoms with Gasteiger partial charge >= 0.3 is 0 Å². The van der Waals surface area contributed by atoms with Crippen LogP contribution >= 0.6 is 34.9 Å². The molecule has 0 N–H and O–H groups in total. The molecule has 3 rings (SSSR count). The molecule has 0 radical (unpaired) electrons. The number of rotatable bonds is 7. The van der Waals surface area contributed by atoms with Crippen LogP contribution < -0.4 is 0 Å². The van der Waals surface area contributed by atoms with Crippen molar-refractivity contribution in [3.8, 4) is 5.69 Å². The van der Waals surface area contributed by atoms with E-state index in [1.54, 1.807) is 52.0 Å². The molecule has 0 saturated heterocycles. The van der Waals surface area contributed by atoms with Crippen LogP contribution in [0.3, 0.4) is 0 Å². The number of sulfone groups is 1. The summed E-state index contributed by atoms with van der Waals surface area (Å²) in [5.41, 5.74) is 0.701. The molecule has 0 aliphatic carbocycles. The van der Waals surface area contributed by atoms with Gasteiger partial charge in [-0.3, -0.25) is 0 Å². The maximum absolute atomic E-state index is 11.5. The summed E-state index contributed by atoms with van der Waals surface area (Å²) >= 11 is 4.72. The molecule has 0 saturated carbocycles. The quantitative estimate of drug-likeness (QED) is 0.539. The van der Waals surface area contributed by atoms with E-state index in [4.69, 9.17) is 0 Å². The topological polar surface area (TPSA) is 104 Å². The zero-order valence-corrected chi connectivity index (χ0v) is 16.6. The molecule has 1 aromatic carbocycles. The Hall–Kier alpha value is -1.50. The molecular weight excluding hydrogens is 400 g/mol. The highest BCUT2D eigenvalue weighted by Crippen LogP contribution is 2.30. The highest BCUT2D eigenvalue weighted by atomic mass is 32.2. The normalized spacial score (nSPS) is 11.8. The maximum Gasteiger partial charge on any atom is 0.175 e. The SMILES string of the molecule is CCSc1nnc(SCc2nnnn2-c2ccc(S(C)(=O)=O)cc2)s1. The summed E-state index contributed by atoms with van der Waals surface area (Å²) in [4.78, 5) is 0.259. The Morgan fingerprint density at radius 3 is 2.40 bits per heavy atom. The largest absolute Gasteiger partial charge is 0.224 e. The van der Waals surface area contributed by atoms with Gasteiger partial charge in [0.05, 0.1) is 16.3 Å². The van der Waals surface area contributed by atoms with Crippen LogP contribution in [0, 0.1) is 0 Å². The molecule has 25 heavy (non-hydrogen) atoms. The third-order valence-electron chi connectivity index (χ3n) is 3.02. The van der Waals surface area contributed by atoms with Crippen molar-refractivity contribution in [3.05, 3.63) is 30.1 Å². The fraction of sp³-hybridized carbons (Fsp3) is 0.308. The van der Waals surface area contributed by atoms with E-state index in [1.165, 1.54) is 18.0 Å². The molecule has 8 nitrogen and oxygen atoms in total. The summed E-state index contributed by atoms with van der Waals surface area (Å²) in [5.74, 6) is 2.14. The second-order valence-electron chi connectivity index (χ2n) is 4.83. The van der Waals surface area contributed by atoms with E-state index >= 15 is 0 Å². The monoisotopic (exact) mass is 414 g/mol. The summed E-state index contributed by atoms with van der Waals surface area (Å²) in [6, 6.07) is 6.45. The van der Waals surface area contributed by atoms with Gasteiger partial charge in [0.2, 0.25) is 0 Å². The Morgan fingerprint density at radius 1 is 1.08 bits per heavy atom. The van der Waals surface area contributed by atoms with Crippen LogP contribution in [-0.4, -0.2) is 50.8 Å². The molecule has 0 unspecified atom stereocenters. The van der Waals surface area contributed by atoms with Gasteiger partial charge in [0, 0.05) is 6.26 Å². The molecule has 132 valence electrons. The molecule has 2 heterocycles. The van der Waals surface area contributed by atoms with E-state index in [0.29, 0.717) is 17.3 Å². The Balaban J connectivity index is 1.74.